The fourth-order valence-corrected chi connectivity index (χ4v) is 2.12. The Morgan fingerprint density at radius 2 is 2.00 bits per heavy atom. The minimum Gasteiger partial charge on any atom is -0.481 e. The van der Waals surface area contributed by atoms with Crippen LogP contribution in [-0.2, 0) is 0 Å². The van der Waals surface area contributed by atoms with Crippen molar-refractivity contribution in [2.75, 3.05) is 7.11 Å². The molecular weight excluding hydrogens is 288 g/mol. The average Bonchev–Trinajstić information content (AvgIpc) is 2.53. The Morgan fingerprint density at radius 1 is 1.29 bits per heavy atom. The number of pyridine rings is 1. The van der Waals surface area contributed by atoms with Gasteiger partial charge in [0.25, 0.3) is 5.91 Å². The van der Waals surface area contributed by atoms with Crippen LogP contribution in [0, 0.1) is 0 Å². The van der Waals surface area contributed by atoms with Gasteiger partial charge in [-0.05, 0) is 30.2 Å². The van der Waals surface area contributed by atoms with E-state index in [2.05, 4.69) is 10.3 Å². The van der Waals surface area contributed by atoms with Gasteiger partial charge >= 0.3 is 0 Å². The van der Waals surface area contributed by atoms with Crippen molar-refractivity contribution in [1.82, 2.24) is 10.3 Å². The molecule has 0 aliphatic heterocycles. The first-order valence-electron chi connectivity index (χ1n) is 6.70. The summed E-state index contributed by atoms with van der Waals surface area (Å²) < 4.78 is 4.98. The Bertz CT molecular complexity index is 597. The summed E-state index contributed by atoms with van der Waals surface area (Å²) in [5, 5.41) is 3.67. The summed E-state index contributed by atoms with van der Waals surface area (Å²) in [5.74, 6) is 0.322. The molecule has 1 N–H and O–H groups in total. The molecule has 0 aliphatic rings. The number of aromatic nitrogens is 1. The SMILES string of the molecule is CCC(NC(=O)c1ccc(OC)nc1)c1ccc(Cl)cc1. The number of hydrogen-bond acceptors (Lipinski definition) is 3. The number of halogens is 1. The van der Waals surface area contributed by atoms with E-state index in [4.69, 9.17) is 16.3 Å². The lowest BCUT2D eigenvalue weighted by molar-refractivity contribution is 0.0935. The lowest BCUT2D eigenvalue weighted by Crippen LogP contribution is -2.28. The van der Waals surface area contributed by atoms with E-state index < -0.39 is 0 Å². The van der Waals surface area contributed by atoms with Gasteiger partial charge in [-0.25, -0.2) is 4.98 Å². The van der Waals surface area contributed by atoms with Crippen LogP contribution >= 0.6 is 11.6 Å². The van der Waals surface area contributed by atoms with Crippen LogP contribution in [0.1, 0.15) is 35.3 Å². The molecule has 0 saturated carbocycles. The molecule has 0 bridgehead atoms. The number of nitrogens with one attached hydrogen (secondary N) is 1. The van der Waals surface area contributed by atoms with E-state index in [0.717, 1.165) is 12.0 Å². The third-order valence-corrected chi connectivity index (χ3v) is 3.45. The van der Waals surface area contributed by atoms with Gasteiger partial charge in [0.05, 0.1) is 18.7 Å². The number of amides is 1. The van der Waals surface area contributed by atoms with Crippen LogP contribution in [0.15, 0.2) is 42.6 Å². The first-order valence-corrected chi connectivity index (χ1v) is 7.08. The van der Waals surface area contributed by atoms with Crippen molar-refractivity contribution in [3.05, 3.63) is 58.7 Å². The largest absolute Gasteiger partial charge is 0.481 e. The minimum absolute atomic E-state index is 0.0585. The van der Waals surface area contributed by atoms with Crippen molar-refractivity contribution in [2.45, 2.75) is 19.4 Å². The molecule has 2 rings (SSSR count). The third kappa shape index (κ3) is 3.95. The van der Waals surface area contributed by atoms with Gasteiger partial charge in [0, 0.05) is 17.3 Å². The smallest absolute Gasteiger partial charge is 0.253 e. The molecule has 1 unspecified atom stereocenters. The molecule has 5 heteroatoms. The van der Waals surface area contributed by atoms with Gasteiger partial charge in [0.15, 0.2) is 0 Å². The molecule has 1 amide bonds. The predicted octanol–water partition coefficient (Wildman–Crippen LogP) is 3.62. The maximum atomic E-state index is 12.2. The van der Waals surface area contributed by atoms with E-state index in [1.165, 1.54) is 13.3 Å². The standard InChI is InChI=1S/C16H17ClN2O2/c1-3-14(11-4-7-13(17)8-5-11)19-16(20)12-6-9-15(21-2)18-10-12/h4-10,14H,3H2,1-2H3,(H,19,20). The molecule has 0 saturated heterocycles. The van der Waals surface area contributed by atoms with E-state index in [1.54, 1.807) is 12.1 Å². The van der Waals surface area contributed by atoms with E-state index in [0.29, 0.717) is 16.5 Å². The highest BCUT2D eigenvalue weighted by atomic mass is 35.5. The number of methoxy groups -OCH3 is 1. The highest BCUT2D eigenvalue weighted by molar-refractivity contribution is 6.30. The maximum Gasteiger partial charge on any atom is 0.253 e. The predicted molar refractivity (Wildman–Crippen MR) is 82.7 cm³/mol. The van der Waals surface area contributed by atoms with Crippen molar-refractivity contribution in [3.63, 3.8) is 0 Å². The number of nitrogens with zero attached hydrogens (tertiary/aromatic N) is 1. The summed E-state index contributed by atoms with van der Waals surface area (Å²) in [5.41, 5.74) is 1.53. The molecular formula is C16H17ClN2O2. The van der Waals surface area contributed by atoms with E-state index in [1.807, 2.05) is 31.2 Å². The quantitative estimate of drug-likeness (QED) is 0.918. The fourth-order valence-electron chi connectivity index (χ4n) is 1.99. The molecule has 21 heavy (non-hydrogen) atoms. The molecule has 0 aliphatic carbocycles. The van der Waals surface area contributed by atoms with Crippen molar-refractivity contribution in [3.8, 4) is 5.88 Å². The van der Waals surface area contributed by atoms with Crippen molar-refractivity contribution >= 4 is 17.5 Å². The Balaban J connectivity index is 2.10. The van der Waals surface area contributed by atoms with Crippen LogP contribution in [0.2, 0.25) is 5.02 Å². The Labute approximate surface area is 129 Å². The number of carbonyl (C=O) groups is 1. The number of carbonyl (C=O) groups excluding carboxylic acids is 1. The fraction of sp³-hybridized carbons (Fsp3) is 0.250. The topological polar surface area (TPSA) is 51.2 Å². The first-order chi connectivity index (χ1) is 10.1. The molecule has 1 heterocycles. The molecule has 0 spiro atoms. The van der Waals surface area contributed by atoms with Crippen LogP contribution in [0.5, 0.6) is 5.88 Å². The van der Waals surface area contributed by atoms with Crippen LogP contribution in [0.25, 0.3) is 0 Å². The minimum atomic E-state index is -0.160. The molecule has 110 valence electrons. The number of rotatable bonds is 5. The van der Waals surface area contributed by atoms with Gasteiger partial charge in [-0.1, -0.05) is 30.7 Å². The van der Waals surface area contributed by atoms with Gasteiger partial charge in [0.2, 0.25) is 5.88 Å². The van der Waals surface area contributed by atoms with Gasteiger partial charge < -0.3 is 10.1 Å². The molecule has 0 fully saturated rings. The van der Waals surface area contributed by atoms with Crippen LogP contribution in [0.3, 0.4) is 0 Å². The zero-order valence-electron chi connectivity index (χ0n) is 12.0. The molecule has 1 atom stereocenters. The van der Waals surface area contributed by atoms with E-state index in [-0.39, 0.29) is 11.9 Å². The van der Waals surface area contributed by atoms with Gasteiger partial charge in [0.1, 0.15) is 0 Å². The summed E-state index contributed by atoms with van der Waals surface area (Å²) in [6.07, 6.45) is 2.29. The lowest BCUT2D eigenvalue weighted by Gasteiger charge is -2.17. The first kappa shape index (κ1) is 15.3. The Kier molecular flexibility index (Phi) is 5.17. The third-order valence-electron chi connectivity index (χ3n) is 3.19. The normalized spacial score (nSPS) is 11.8. The Morgan fingerprint density at radius 3 is 2.52 bits per heavy atom. The summed E-state index contributed by atoms with van der Waals surface area (Å²) in [6, 6.07) is 10.8. The van der Waals surface area contributed by atoms with Gasteiger partial charge in [-0.3, -0.25) is 4.79 Å². The van der Waals surface area contributed by atoms with Gasteiger partial charge in [-0.2, -0.15) is 0 Å². The summed E-state index contributed by atoms with van der Waals surface area (Å²) in [6.45, 7) is 2.02. The van der Waals surface area contributed by atoms with Gasteiger partial charge in [-0.15, -0.1) is 0 Å². The zero-order chi connectivity index (χ0) is 15.2. The average molecular weight is 305 g/mol. The second kappa shape index (κ2) is 7.09. The van der Waals surface area contributed by atoms with Crippen LogP contribution in [-0.4, -0.2) is 18.0 Å². The monoisotopic (exact) mass is 304 g/mol. The number of benzene rings is 1. The maximum absolute atomic E-state index is 12.2. The van der Waals surface area contributed by atoms with Crippen LogP contribution in [0.4, 0.5) is 0 Å². The van der Waals surface area contributed by atoms with Crippen molar-refractivity contribution < 1.29 is 9.53 Å². The lowest BCUT2D eigenvalue weighted by atomic mass is 10.0. The Hall–Kier alpha value is -2.07. The summed E-state index contributed by atoms with van der Waals surface area (Å²) >= 11 is 5.88. The molecule has 2 aromatic rings. The molecule has 0 radical (unpaired) electrons. The zero-order valence-corrected chi connectivity index (χ0v) is 12.7. The van der Waals surface area contributed by atoms with Crippen molar-refractivity contribution in [1.29, 1.82) is 0 Å². The van der Waals surface area contributed by atoms with Crippen LogP contribution < -0.4 is 10.1 Å². The highest BCUT2D eigenvalue weighted by Gasteiger charge is 2.14. The van der Waals surface area contributed by atoms with E-state index >= 15 is 0 Å². The highest BCUT2D eigenvalue weighted by Crippen LogP contribution is 2.19. The number of hydrogen-bond donors (Lipinski definition) is 1. The second-order valence-electron chi connectivity index (χ2n) is 4.58. The molecule has 1 aromatic carbocycles. The number of ether oxygens (including phenoxy) is 1. The molecule has 4 nitrogen and oxygen atoms in total. The summed E-state index contributed by atoms with van der Waals surface area (Å²) in [4.78, 5) is 16.3. The van der Waals surface area contributed by atoms with E-state index in [9.17, 15) is 4.79 Å². The van der Waals surface area contributed by atoms with Crippen molar-refractivity contribution in [2.24, 2.45) is 0 Å². The second-order valence-corrected chi connectivity index (χ2v) is 5.01. The summed E-state index contributed by atoms with van der Waals surface area (Å²) in [7, 11) is 1.54. The molecule has 1 aromatic heterocycles.